The molecule has 2 aromatic carbocycles. The second-order valence-electron chi connectivity index (χ2n) is 4.29. The van der Waals surface area contributed by atoms with Crippen LogP contribution in [0, 0.1) is 0 Å². The van der Waals surface area contributed by atoms with Gasteiger partial charge in [-0.05, 0) is 36.4 Å². The van der Waals surface area contributed by atoms with Gasteiger partial charge in [-0.2, -0.15) is 8.78 Å². The number of para-hydroxylation sites is 1. The summed E-state index contributed by atoms with van der Waals surface area (Å²) in [5.41, 5.74) is 7.92. The molecule has 0 fully saturated rings. The highest BCUT2D eigenvalue weighted by Crippen LogP contribution is 2.28. The number of imidazole rings is 1. The second kappa shape index (κ2) is 5.21. The first-order valence-electron chi connectivity index (χ1n) is 6.04. The van der Waals surface area contributed by atoms with Crippen LogP contribution in [0.5, 0.6) is 5.75 Å². The number of anilines is 1. The number of fused-ring (bicyclic) bond motifs is 1. The first-order valence-corrected chi connectivity index (χ1v) is 6.42. The minimum Gasteiger partial charge on any atom is -0.435 e. The number of nitrogens with zero attached hydrogens (tertiary/aromatic N) is 2. The Morgan fingerprint density at radius 3 is 2.52 bits per heavy atom. The van der Waals surface area contributed by atoms with Crippen LogP contribution in [0.25, 0.3) is 16.7 Å². The van der Waals surface area contributed by atoms with Crippen molar-refractivity contribution in [2.24, 2.45) is 0 Å². The van der Waals surface area contributed by atoms with Gasteiger partial charge in [-0.3, -0.25) is 4.57 Å². The summed E-state index contributed by atoms with van der Waals surface area (Å²) in [5, 5.41) is 0.496. The molecule has 0 spiro atoms. The van der Waals surface area contributed by atoms with Crippen LogP contribution in [0.15, 0.2) is 42.5 Å². The van der Waals surface area contributed by atoms with Crippen LogP contribution < -0.4 is 10.5 Å². The van der Waals surface area contributed by atoms with Crippen molar-refractivity contribution in [3.63, 3.8) is 0 Å². The fraction of sp³-hybridized carbons (Fsp3) is 0.0714. The normalized spacial score (nSPS) is 11.2. The molecule has 0 radical (unpaired) electrons. The molecule has 21 heavy (non-hydrogen) atoms. The predicted molar refractivity (Wildman–Crippen MR) is 77.1 cm³/mol. The fourth-order valence-corrected chi connectivity index (χ4v) is 2.34. The van der Waals surface area contributed by atoms with Gasteiger partial charge in [0.15, 0.2) is 0 Å². The molecule has 0 bridgehead atoms. The Labute approximate surface area is 123 Å². The quantitative estimate of drug-likeness (QED) is 0.799. The molecule has 4 nitrogen and oxygen atoms in total. The third kappa shape index (κ3) is 2.50. The van der Waals surface area contributed by atoms with Crippen LogP contribution in [0.4, 0.5) is 14.7 Å². The summed E-state index contributed by atoms with van der Waals surface area (Å²) in [6.45, 7) is -2.85. The smallest absolute Gasteiger partial charge is 0.387 e. The summed E-state index contributed by atoms with van der Waals surface area (Å²) in [4.78, 5) is 4.22. The molecule has 3 rings (SSSR count). The van der Waals surface area contributed by atoms with E-state index in [1.165, 1.54) is 12.1 Å². The Morgan fingerprint density at radius 2 is 1.86 bits per heavy atom. The summed E-state index contributed by atoms with van der Waals surface area (Å²) in [5.74, 6) is 0.343. The second-order valence-corrected chi connectivity index (χ2v) is 4.69. The van der Waals surface area contributed by atoms with Gasteiger partial charge >= 0.3 is 6.61 Å². The first kappa shape index (κ1) is 13.6. The van der Waals surface area contributed by atoms with E-state index in [0.29, 0.717) is 16.2 Å². The topological polar surface area (TPSA) is 53.1 Å². The minimum atomic E-state index is -2.85. The van der Waals surface area contributed by atoms with E-state index in [-0.39, 0.29) is 11.7 Å². The van der Waals surface area contributed by atoms with Gasteiger partial charge in [-0.1, -0.05) is 17.7 Å². The van der Waals surface area contributed by atoms with Crippen molar-refractivity contribution in [1.82, 2.24) is 9.55 Å². The number of benzene rings is 2. The van der Waals surface area contributed by atoms with Gasteiger partial charge in [-0.25, -0.2) is 4.98 Å². The number of ether oxygens (including phenoxy) is 1. The summed E-state index contributed by atoms with van der Waals surface area (Å²) < 4.78 is 30.3. The number of nitrogens with two attached hydrogens (primary N) is 1. The van der Waals surface area contributed by atoms with E-state index in [1.54, 1.807) is 28.8 Å². The third-order valence-electron chi connectivity index (χ3n) is 2.98. The zero-order valence-electron chi connectivity index (χ0n) is 10.6. The molecule has 1 heterocycles. The molecule has 0 amide bonds. The third-order valence-corrected chi connectivity index (χ3v) is 3.29. The van der Waals surface area contributed by atoms with E-state index in [9.17, 15) is 8.78 Å². The lowest BCUT2D eigenvalue weighted by atomic mass is 10.2. The highest BCUT2D eigenvalue weighted by atomic mass is 35.5. The monoisotopic (exact) mass is 309 g/mol. The molecule has 0 aliphatic carbocycles. The van der Waals surface area contributed by atoms with E-state index >= 15 is 0 Å². The highest BCUT2D eigenvalue weighted by molar-refractivity contribution is 6.35. The Balaban J connectivity index is 2.08. The van der Waals surface area contributed by atoms with Crippen LogP contribution in [0.1, 0.15) is 0 Å². The van der Waals surface area contributed by atoms with Crippen molar-refractivity contribution in [2.45, 2.75) is 6.61 Å². The maximum atomic E-state index is 12.1. The minimum absolute atomic E-state index is 0.0785. The molecule has 0 aliphatic rings. The number of alkyl halides is 2. The van der Waals surface area contributed by atoms with Crippen LogP contribution in [0.2, 0.25) is 5.02 Å². The number of halogens is 3. The van der Waals surface area contributed by atoms with Crippen molar-refractivity contribution >= 4 is 28.6 Å². The van der Waals surface area contributed by atoms with Gasteiger partial charge in [0.1, 0.15) is 11.3 Å². The molecule has 2 N–H and O–H groups in total. The average Bonchev–Trinajstić information content (AvgIpc) is 2.77. The number of aromatic nitrogens is 2. The molecule has 3 aromatic rings. The summed E-state index contributed by atoms with van der Waals surface area (Å²) in [6.07, 6.45) is 0. The SMILES string of the molecule is Nc1nc2c(Cl)cccc2n1-c1ccc(OC(F)F)cc1. The lowest BCUT2D eigenvalue weighted by Gasteiger charge is -2.08. The van der Waals surface area contributed by atoms with Crippen molar-refractivity contribution in [3.05, 3.63) is 47.5 Å². The van der Waals surface area contributed by atoms with Gasteiger partial charge in [0.05, 0.1) is 10.5 Å². The van der Waals surface area contributed by atoms with Crippen LogP contribution in [-0.2, 0) is 0 Å². The molecule has 0 saturated heterocycles. The molecule has 1 aromatic heterocycles. The molecular formula is C14H10ClF2N3O. The fourth-order valence-electron chi connectivity index (χ4n) is 2.13. The van der Waals surface area contributed by atoms with Gasteiger partial charge < -0.3 is 10.5 Å². The molecule has 0 atom stereocenters. The number of rotatable bonds is 3. The molecule has 108 valence electrons. The summed E-state index contributed by atoms with van der Waals surface area (Å²) in [7, 11) is 0. The molecule has 0 saturated carbocycles. The molecule has 0 unspecified atom stereocenters. The lowest BCUT2D eigenvalue weighted by Crippen LogP contribution is -2.03. The lowest BCUT2D eigenvalue weighted by molar-refractivity contribution is -0.0498. The maximum Gasteiger partial charge on any atom is 0.387 e. The molecular weight excluding hydrogens is 300 g/mol. The predicted octanol–water partition coefficient (Wildman–Crippen LogP) is 3.86. The van der Waals surface area contributed by atoms with E-state index in [0.717, 1.165) is 5.52 Å². The van der Waals surface area contributed by atoms with Crippen LogP contribution >= 0.6 is 11.6 Å². The van der Waals surface area contributed by atoms with Crippen molar-refractivity contribution in [3.8, 4) is 11.4 Å². The van der Waals surface area contributed by atoms with Crippen molar-refractivity contribution in [2.75, 3.05) is 5.73 Å². The van der Waals surface area contributed by atoms with E-state index in [2.05, 4.69) is 9.72 Å². The zero-order chi connectivity index (χ0) is 15.0. The van der Waals surface area contributed by atoms with E-state index in [1.807, 2.05) is 6.07 Å². The largest absolute Gasteiger partial charge is 0.435 e. The van der Waals surface area contributed by atoms with E-state index < -0.39 is 6.61 Å². The summed E-state index contributed by atoms with van der Waals surface area (Å²) in [6, 6.07) is 11.5. The number of hydrogen-bond acceptors (Lipinski definition) is 3. The Bertz CT molecular complexity index is 787. The van der Waals surface area contributed by atoms with Crippen molar-refractivity contribution in [1.29, 1.82) is 0 Å². The standard InChI is InChI=1S/C14H10ClF2N3O/c15-10-2-1-3-11-12(10)19-14(18)20(11)8-4-6-9(7-5-8)21-13(16)17/h1-7,13H,(H2,18,19). The maximum absolute atomic E-state index is 12.1. The molecule has 0 aliphatic heterocycles. The van der Waals surface area contributed by atoms with Crippen LogP contribution in [-0.4, -0.2) is 16.2 Å². The molecule has 7 heteroatoms. The van der Waals surface area contributed by atoms with E-state index in [4.69, 9.17) is 17.3 Å². The van der Waals surface area contributed by atoms with Gasteiger partial charge in [0, 0.05) is 5.69 Å². The summed E-state index contributed by atoms with van der Waals surface area (Å²) >= 11 is 6.08. The zero-order valence-corrected chi connectivity index (χ0v) is 11.4. The van der Waals surface area contributed by atoms with Gasteiger partial charge in [0.2, 0.25) is 5.95 Å². The Hall–Kier alpha value is -2.34. The van der Waals surface area contributed by atoms with Gasteiger partial charge in [0.25, 0.3) is 0 Å². The van der Waals surface area contributed by atoms with Gasteiger partial charge in [-0.15, -0.1) is 0 Å². The van der Waals surface area contributed by atoms with Crippen LogP contribution in [0.3, 0.4) is 0 Å². The first-order chi connectivity index (χ1) is 10.1. The Kier molecular flexibility index (Phi) is 3.39. The number of hydrogen-bond donors (Lipinski definition) is 1. The highest BCUT2D eigenvalue weighted by Gasteiger charge is 2.12. The van der Waals surface area contributed by atoms with Crippen molar-refractivity contribution < 1.29 is 13.5 Å². The Morgan fingerprint density at radius 1 is 1.14 bits per heavy atom. The average molecular weight is 310 g/mol. The number of nitrogen functional groups attached to an aromatic ring is 1.